The van der Waals surface area contributed by atoms with Crippen LogP contribution in [-0.4, -0.2) is 11.6 Å². The van der Waals surface area contributed by atoms with Crippen LogP contribution in [0.3, 0.4) is 0 Å². The summed E-state index contributed by atoms with van der Waals surface area (Å²) in [5.41, 5.74) is 0.0453. The Morgan fingerprint density at radius 3 is 2.53 bits per heavy atom. The molecule has 0 bridgehead atoms. The number of amides is 1. The van der Waals surface area contributed by atoms with Crippen molar-refractivity contribution in [2.24, 2.45) is 11.0 Å². The van der Waals surface area contributed by atoms with E-state index in [4.69, 9.17) is 0 Å². The summed E-state index contributed by atoms with van der Waals surface area (Å²) in [7, 11) is 0. The minimum absolute atomic E-state index is 0.0970. The molecule has 2 rings (SSSR count). The zero-order chi connectivity index (χ0) is 14.2. The average molecular weight is 270 g/mol. The Labute approximate surface area is 108 Å². The molecule has 1 amide bonds. The summed E-state index contributed by atoms with van der Waals surface area (Å²) in [6.45, 7) is 3.78. The molecule has 3 nitrogen and oxygen atoms in total. The summed E-state index contributed by atoms with van der Waals surface area (Å²) in [6.07, 6.45) is -4.27. The predicted octanol–water partition coefficient (Wildman–Crippen LogP) is 3.45. The third-order valence-corrected chi connectivity index (χ3v) is 2.88. The molecule has 0 fully saturated rings. The summed E-state index contributed by atoms with van der Waals surface area (Å²) < 4.78 is 37.9. The normalized spacial score (nSPS) is 16.2. The van der Waals surface area contributed by atoms with Gasteiger partial charge in [0.05, 0.1) is 23.4 Å². The molecule has 1 aromatic rings. The molecule has 19 heavy (non-hydrogen) atoms. The molecular formula is C13H13F3N2O. The smallest absolute Gasteiger partial charge is 0.272 e. The number of carbonyl (C=O) groups excluding carboxylic acids is 1. The predicted molar refractivity (Wildman–Crippen MR) is 65.8 cm³/mol. The van der Waals surface area contributed by atoms with Crippen LogP contribution in [0.1, 0.15) is 25.8 Å². The Bertz CT molecular complexity index is 535. The lowest BCUT2D eigenvalue weighted by Gasteiger charge is -2.14. The van der Waals surface area contributed by atoms with Gasteiger partial charge in [-0.1, -0.05) is 19.9 Å². The molecule has 6 heteroatoms. The first-order valence-electron chi connectivity index (χ1n) is 5.86. The second-order valence-electron chi connectivity index (χ2n) is 4.68. The molecule has 1 heterocycles. The number of rotatable bonds is 2. The monoisotopic (exact) mass is 270 g/mol. The maximum absolute atomic E-state index is 12.6. The molecule has 0 saturated heterocycles. The summed E-state index contributed by atoms with van der Waals surface area (Å²) in [5, 5.41) is 5.14. The number of nitrogens with zero attached hydrogens (tertiary/aromatic N) is 2. The van der Waals surface area contributed by atoms with Crippen molar-refractivity contribution in [3.8, 4) is 0 Å². The Kier molecular flexibility index (Phi) is 3.34. The van der Waals surface area contributed by atoms with Crippen LogP contribution in [-0.2, 0) is 11.0 Å². The number of hydrazone groups is 1. The zero-order valence-electron chi connectivity index (χ0n) is 10.5. The van der Waals surface area contributed by atoms with Gasteiger partial charge in [-0.05, 0) is 24.1 Å². The number of benzene rings is 1. The molecule has 1 aliphatic rings. The van der Waals surface area contributed by atoms with E-state index in [9.17, 15) is 18.0 Å². The van der Waals surface area contributed by atoms with Crippen molar-refractivity contribution in [1.29, 1.82) is 0 Å². The average Bonchev–Trinajstić information content (AvgIpc) is 2.71. The van der Waals surface area contributed by atoms with E-state index in [-0.39, 0.29) is 23.9 Å². The first kappa shape index (κ1) is 13.6. The molecule has 0 aromatic heterocycles. The number of halogens is 3. The van der Waals surface area contributed by atoms with Crippen molar-refractivity contribution >= 4 is 17.3 Å². The second kappa shape index (κ2) is 4.68. The van der Waals surface area contributed by atoms with Crippen LogP contribution in [0.25, 0.3) is 0 Å². The maximum Gasteiger partial charge on any atom is 0.416 e. The summed E-state index contributed by atoms with van der Waals surface area (Å²) >= 11 is 0. The fourth-order valence-electron chi connectivity index (χ4n) is 1.78. The van der Waals surface area contributed by atoms with Crippen molar-refractivity contribution in [3.05, 3.63) is 29.8 Å². The second-order valence-corrected chi connectivity index (χ2v) is 4.68. The summed E-state index contributed by atoms with van der Waals surface area (Å²) in [6, 6.07) is 4.62. The van der Waals surface area contributed by atoms with E-state index in [0.29, 0.717) is 5.71 Å². The van der Waals surface area contributed by atoms with Gasteiger partial charge in [-0.3, -0.25) is 4.79 Å². The molecule has 0 aliphatic carbocycles. The Hall–Kier alpha value is -1.85. The molecule has 1 aliphatic heterocycles. The van der Waals surface area contributed by atoms with Gasteiger partial charge in [0, 0.05) is 0 Å². The highest BCUT2D eigenvalue weighted by Crippen LogP contribution is 2.32. The molecule has 0 radical (unpaired) electrons. The molecule has 0 saturated carbocycles. The van der Waals surface area contributed by atoms with E-state index in [1.807, 2.05) is 13.8 Å². The topological polar surface area (TPSA) is 32.7 Å². The fraction of sp³-hybridized carbons (Fsp3) is 0.385. The maximum atomic E-state index is 12.6. The van der Waals surface area contributed by atoms with Crippen LogP contribution in [0.5, 0.6) is 0 Å². The van der Waals surface area contributed by atoms with Crippen molar-refractivity contribution in [1.82, 2.24) is 0 Å². The minimum atomic E-state index is -4.43. The van der Waals surface area contributed by atoms with Gasteiger partial charge in [-0.2, -0.15) is 18.3 Å². The van der Waals surface area contributed by atoms with Gasteiger partial charge in [0.15, 0.2) is 0 Å². The van der Waals surface area contributed by atoms with Gasteiger partial charge in [0.25, 0.3) is 5.91 Å². The van der Waals surface area contributed by atoms with Crippen molar-refractivity contribution in [2.75, 3.05) is 5.01 Å². The third-order valence-electron chi connectivity index (χ3n) is 2.88. The van der Waals surface area contributed by atoms with Crippen LogP contribution in [0.15, 0.2) is 29.4 Å². The lowest BCUT2D eigenvalue weighted by Crippen LogP contribution is -2.20. The Morgan fingerprint density at radius 2 is 2.00 bits per heavy atom. The van der Waals surface area contributed by atoms with Crippen LogP contribution >= 0.6 is 0 Å². The van der Waals surface area contributed by atoms with E-state index in [1.54, 1.807) is 0 Å². The SMILES string of the molecule is CC(C)C1=NN(c2cccc(C(F)(F)F)c2)C(=O)C1. The zero-order valence-corrected chi connectivity index (χ0v) is 10.5. The molecule has 0 N–H and O–H groups in total. The Morgan fingerprint density at radius 1 is 1.32 bits per heavy atom. The lowest BCUT2D eigenvalue weighted by atomic mass is 10.1. The molecular weight excluding hydrogens is 257 g/mol. The van der Waals surface area contributed by atoms with Crippen molar-refractivity contribution in [2.45, 2.75) is 26.4 Å². The lowest BCUT2D eigenvalue weighted by molar-refractivity contribution is -0.137. The van der Waals surface area contributed by atoms with E-state index in [0.717, 1.165) is 17.1 Å². The van der Waals surface area contributed by atoms with E-state index in [2.05, 4.69) is 5.10 Å². The van der Waals surface area contributed by atoms with Gasteiger partial charge < -0.3 is 0 Å². The summed E-state index contributed by atoms with van der Waals surface area (Å²) in [4.78, 5) is 11.8. The van der Waals surface area contributed by atoms with Crippen molar-refractivity contribution in [3.63, 3.8) is 0 Å². The van der Waals surface area contributed by atoms with Crippen molar-refractivity contribution < 1.29 is 18.0 Å². The van der Waals surface area contributed by atoms with E-state index < -0.39 is 11.7 Å². The number of hydrogen-bond acceptors (Lipinski definition) is 2. The van der Waals surface area contributed by atoms with E-state index >= 15 is 0 Å². The highest BCUT2D eigenvalue weighted by Gasteiger charge is 2.32. The molecule has 0 atom stereocenters. The fourth-order valence-corrected chi connectivity index (χ4v) is 1.78. The quantitative estimate of drug-likeness (QED) is 0.810. The largest absolute Gasteiger partial charge is 0.416 e. The number of alkyl halides is 3. The highest BCUT2D eigenvalue weighted by atomic mass is 19.4. The minimum Gasteiger partial charge on any atom is -0.272 e. The van der Waals surface area contributed by atoms with Gasteiger partial charge >= 0.3 is 6.18 Å². The summed E-state index contributed by atoms with van der Waals surface area (Å²) in [5.74, 6) is -0.206. The molecule has 0 spiro atoms. The van der Waals surface area contributed by atoms with Crippen LogP contribution in [0.2, 0.25) is 0 Å². The number of carbonyl (C=O) groups is 1. The van der Waals surface area contributed by atoms with Crippen LogP contribution in [0.4, 0.5) is 18.9 Å². The highest BCUT2D eigenvalue weighted by molar-refractivity contribution is 6.13. The van der Waals surface area contributed by atoms with Crippen LogP contribution in [0, 0.1) is 5.92 Å². The molecule has 1 aromatic carbocycles. The number of anilines is 1. The first-order chi connectivity index (χ1) is 8.79. The van der Waals surface area contributed by atoms with Gasteiger partial charge in [0.2, 0.25) is 0 Å². The van der Waals surface area contributed by atoms with Gasteiger partial charge in [-0.25, -0.2) is 5.01 Å². The molecule has 0 unspecified atom stereocenters. The number of hydrogen-bond donors (Lipinski definition) is 0. The Balaban J connectivity index is 2.35. The van der Waals surface area contributed by atoms with Gasteiger partial charge in [-0.15, -0.1) is 0 Å². The van der Waals surface area contributed by atoms with Gasteiger partial charge in [0.1, 0.15) is 0 Å². The standard InChI is InChI=1S/C13H13F3N2O/c1-8(2)11-7-12(19)18(17-11)10-5-3-4-9(6-10)13(14,15)16/h3-6,8H,7H2,1-2H3. The first-order valence-corrected chi connectivity index (χ1v) is 5.86. The van der Waals surface area contributed by atoms with E-state index in [1.165, 1.54) is 12.1 Å². The third kappa shape index (κ3) is 2.77. The van der Waals surface area contributed by atoms with Crippen LogP contribution < -0.4 is 5.01 Å². The molecule has 102 valence electrons.